The highest BCUT2D eigenvalue weighted by molar-refractivity contribution is 5.79. The van der Waals surface area contributed by atoms with Gasteiger partial charge in [-0.25, -0.2) is 4.79 Å². The van der Waals surface area contributed by atoms with Crippen molar-refractivity contribution in [1.29, 1.82) is 0 Å². The van der Waals surface area contributed by atoms with E-state index in [1.165, 1.54) is 0 Å². The minimum absolute atomic E-state index is 0.0428. The third-order valence-electron chi connectivity index (χ3n) is 3.17. The zero-order valence-electron chi connectivity index (χ0n) is 10.9. The van der Waals surface area contributed by atoms with Crippen LogP contribution in [0, 0.1) is 5.41 Å². The fraction of sp³-hybridized carbons (Fsp3) is 0.833. The van der Waals surface area contributed by atoms with E-state index < -0.39 is 0 Å². The van der Waals surface area contributed by atoms with Gasteiger partial charge >= 0.3 is 6.03 Å². The van der Waals surface area contributed by atoms with E-state index in [4.69, 9.17) is 0 Å². The van der Waals surface area contributed by atoms with Crippen LogP contribution in [-0.2, 0) is 4.79 Å². The van der Waals surface area contributed by atoms with Gasteiger partial charge in [0.1, 0.15) is 5.78 Å². The summed E-state index contributed by atoms with van der Waals surface area (Å²) in [6.07, 6.45) is 0.455. The molecule has 0 spiro atoms. The van der Waals surface area contributed by atoms with Crippen LogP contribution < -0.4 is 0 Å². The third kappa shape index (κ3) is 2.74. The Morgan fingerprint density at radius 1 is 1.44 bits per heavy atom. The van der Waals surface area contributed by atoms with Gasteiger partial charge in [0, 0.05) is 26.6 Å². The number of carbonyl (C=O) groups excluding carboxylic acids is 2. The van der Waals surface area contributed by atoms with E-state index >= 15 is 0 Å². The van der Waals surface area contributed by atoms with Crippen LogP contribution in [0.2, 0.25) is 0 Å². The number of ketones is 1. The summed E-state index contributed by atoms with van der Waals surface area (Å²) in [6, 6.07) is 0.271. The lowest BCUT2D eigenvalue weighted by atomic mass is 9.86. The topological polar surface area (TPSA) is 40.6 Å². The van der Waals surface area contributed by atoms with Crippen molar-refractivity contribution in [3.8, 4) is 0 Å². The quantitative estimate of drug-likeness (QED) is 0.735. The van der Waals surface area contributed by atoms with Crippen LogP contribution in [0.15, 0.2) is 0 Å². The molecule has 1 heterocycles. The maximum absolute atomic E-state index is 11.9. The largest absolute Gasteiger partial charge is 0.322 e. The standard InChI is InChI=1S/C12H22N2O2/c1-9(15)6-7-14-8-10(12(2,3)4)13(5)11(14)16/h10H,6-8H2,1-5H3. The van der Waals surface area contributed by atoms with Crippen LogP contribution in [0.3, 0.4) is 0 Å². The Labute approximate surface area is 97.6 Å². The molecule has 1 rings (SSSR count). The van der Waals surface area contributed by atoms with Crippen molar-refractivity contribution in [3.63, 3.8) is 0 Å². The van der Waals surface area contributed by atoms with Crippen molar-refractivity contribution in [1.82, 2.24) is 9.80 Å². The second-order valence-electron chi connectivity index (χ2n) is 5.67. The van der Waals surface area contributed by atoms with Crippen LogP contribution in [-0.4, -0.2) is 47.8 Å². The van der Waals surface area contributed by atoms with E-state index in [1.807, 2.05) is 7.05 Å². The molecule has 0 aliphatic carbocycles. The summed E-state index contributed by atoms with van der Waals surface area (Å²) in [5.74, 6) is 0.134. The molecule has 0 aromatic heterocycles. The second-order valence-corrected chi connectivity index (χ2v) is 5.67. The van der Waals surface area contributed by atoms with E-state index in [0.717, 1.165) is 6.54 Å². The lowest BCUT2D eigenvalue weighted by Crippen LogP contribution is -2.39. The molecule has 0 aromatic rings. The summed E-state index contributed by atoms with van der Waals surface area (Å²) in [6.45, 7) is 9.24. The summed E-state index contributed by atoms with van der Waals surface area (Å²) in [7, 11) is 1.84. The molecule has 0 aromatic carbocycles. The van der Waals surface area contributed by atoms with E-state index in [1.54, 1.807) is 16.7 Å². The molecular weight excluding hydrogens is 204 g/mol. The smallest absolute Gasteiger partial charge is 0.320 e. The normalized spacial score (nSPS) is 21.8. The van der Waals surface area contributed by atoms with Gasteiger partial charge in [-0.2, -0.15) is 0 Å². The number of hydrogen-bond acceptors (Lipinski definition) is 2. The summed E-state index contributed by atoms with van der Waals surface area (Å²) >= 11 is 0. The zero-order valence-corrected chi connectivity index (χ0v) is 10.9. The molecule has 4 nitrogen and oxygen atoms in total. The zero-order chi connectivity index (χ0) is 12.5. The molecule has 1 aliphatic rings. The summed E-state index contributed by atoms with van der Waals surface area (Å²) in [5.41, 5.74) is 0.0788. The van der Waals surface area contributed by atoms with Gasteiger partial charge in [-0.05, 0) is 12.3 Å². The molecule has 1 saturated heterocycles. The van der Waals surface area contributed by atoms with Crippen molar-refractivity contribution < 1.29 is 9.59 Å². The van der Waals surface area contributed by atoms with Crippen LogP contribution >= 0.6 is 0 Å². The van der Waals surface area contributed by atoms with Gasteiger partial charge in [0.2, 0.25) is 0 Å². The molecule has 0 N–H and O–H groups in total. The van der Waals surface area contributed by atoms with Crippen LogP contribution in [0.4, 0.5) is 4.79 Å². The Bertz CT molecular complexity index is 294. The van der Waals surface area contributed by atoms with E-state index in [0.29, 0.717) is 13.0 Å². The highest BCUT2D eigenvalue weighted by Gasteiger charge is 2.40. The minimum Gasteiger partial charge on any atom is -0.322 e. The highest BCUT2D eigenvalue weighted by atomic mass is 16.2. The van der Waals surface area contributed by atoms with Gasteiger partial charge in [-0.1, -0.05) is 20.8 Å². The number of hydrogen-bond donors (Lipinski definition) is 0. The first-order valence-corrected chi connectivity index (χ1v) is 5.74. The van der Waals surface area contributed by atoms with Crippen molar-refractivity contribution in [2.75, 3.05) is 20.1 Å². The molecule has 16 heavy (non-hydrogen) atoms. The highest BCUT2D eigenvalue weighted by Crippen LogP contribution is 2.29. The molecule has 0 radical (unpaired) electrons. The fourth-order valence-electron chi connectivity index (χ4n) is 2.10. The van der Waals surface area contributed by atoms with Gasteiger partial charge in [0.15, 0.2) is 0 Å². The van der Waals surface area contributed by atoms with E-state index in [2.05, 4.69) is 20.8 Å². The maximum Gasteiger partial charge on any atom is 0.320 e. The fourth-order valence-corrected chi connectivity index (χ4v) is 2.10. The molecular formula is C12H22N2O2. The summed E-state index contributed by atoms with van der Waals surface area (Å²) < 4.78 is 0. The minimum atomic E-state index is 0.0428. The predicted octanol–water partition coefficient (Wildman–Crippen LogP) is 1.75. The maximum atomic E-state index is 11.9. The lowest BCUT2D eigenvalue weighted by molar-refractivity contribution is -0.117. The summed E-state index contributed by atoms with van der Waals surface area (Å²) in [4.78, 5) is 26.4. The van der Waals surface area contributed by atoms with Crippen LogP contribution in [0.25, 0.3) is 0 Å². The third-order valence-corrected chi connectivity index (χ3v) is 3.17. The molecule has 0 saturated carbocycles. The van der Waals surface area contributed by atoms with Crippen molar-refractivity contribution in [2.24, 2.45) is 5.41 Å². The van der Waals surface area contributed by atoms with E-state index in [9.17, 15) is 9.59 Å². The number of urea groups is 1. The van der Waals surface area contributed by atoms with Crippen molar-refractivity contribution >= 4 is 11.8 Å². The molecule has 4 heteroatoms. The lowest BCUT2D eigenvalue weighted by Gasteiger charge is -2.30. The average molecular weight is 226 g/mol. The molecule has 92 valence electrons. The Morgan fingerprint density at radius 2 is 2.00 bits per heavy atom. The monoisotopic (exact) mass is 226 g/mol. The molecule has 2 amide bonds. The van der Waals surface area contributed by atoms with Crippen LogP contribution in [0.1, 0.15) is 34.1 Å². The van der Waals surface area contributed by atoms with Gasteiger partial charge < -0.3 is 9.80 Å². The van der Waals surface area contributed by atoms with Crippen molar-refractivity contribution in [2.45, 2.75) is 40.2 Å². The molecule has 1 atom stereocenters. The Morgan fingerprint density at radius 3 is 2.38 bits per heavy atom. The van der Waals surface area contributed by atoms with Crippen LogP contribution in [0.5, 0.6) is 0 Å². The number of likely N-dealkylation sites (N-methyl/N-ethyl adjacent to an activating group) is 1. The first-order chi connectivity index (χ1) is 7.23. The number of Topliss-reactive ketones (excluding diaryl/α,β-unsaturated/α-hetero) is 1. The van der Waals surface area contributed by atoms with Crippen molar-refractivity contribution in [3.05, 3.63) is 0 Å². The summed E-state index contributed by atoms with van der Waals surface area (Å²) in [5, 5.41) is 0. The molecule has 1 unspecified atom stereocenters. The number of carbonyl (C=O) groups is 2. The first-order valence-electron chi connectivity index (χ1n) is 5.74. The predicted molar refractivity (Wildman–Crippen MR) is 63.3 cm³/mol. The number of nitrogens with zero attached hydrogens (tertiary/aromatic N) is 2. The first kappa shape index (κ1) is 13.0. The number of amides is 2. The Balaban J connectivity index is 2.65. The molecule has 1 fully saturated rings. The van der Waals surface area contributed by atoms with Gasteiger partial charge in [-0.15, -0.1) is 0 Å². The SMILES string of the molecule is CC(=O)CCN1CC(C(C)(C)C)N(C)C1=O. The van der Waals surface area contributed by atoms with Gasteiger partial charge in [-0.3, -0.25) is 4.79 Å². The van der Waals surface area contributed by atoms with Gasteiger partial charge in [0.05, 0.1) is 6.04 Å². The Hall–Kier alpha value is -1.06. The molecule has 1 aliphatic heterocycles. The second kappa shape index (κ2) is 4.44. The number of rotatable bonds is 3. The average Bonchev–Trinajstić information content (AvgIpc) is 2.40. The van der Waals surface area contributed by atoms with Gasteiger partial charge in [0.25, 0.3) is 0 Å². The van der Waals surface area contributed by atoms with E-state index in [-0.39, 0.29) is 23.3 Å². The Kier molecular flexibility index (Phi) is 3.61. The molecule has 0 bridgehead atoms.